The van der Waals surface area contributed by atoms with Crippen molar-refractivity contribution >= 4 is 11.6 Å². The number of anilines is 1. The molecule has 0 aliphatic heterocycles. The number of rotatable bonds is 5. The Morgan fingerprint density at radius 2 is 1.83 bits per heavy atom. The van der Waals surface area contributed by atoms with Crippen LogP contribution in [0.1, 0.15) is 26.3 Å². The minimum Gasteiger partial charge on any atom is -0.495 e. The molecule has 0 fully saturated rings. The SMILES string of the molecule is COc1ccccc1NC(=O)COc1cccc(C(C)(C)C)c1. The summed E-state index contributed by atoms with van der Waals surface area (Å²) in [5.74, 6) is 1.08. The van der Waals surface area contributed by atoms with Gasteiger partial charge in [-0.15, -0.1) is 0 Å². The second-order valence-corrected chi connectivity index (χ2v) is 6.31. The minimum absolute atomic E-state index is 0.0407. The number of carbonyl (C=O) groups excluding carboxylic acids is 1. The largest absolute Gasteiger partial charge is 0.495 e. The van der Waals surface area contributed by atoms with Gasteiger partial charge in [0.25, 0.3) is 5.91 Å². The molecule has 0 radical (unpaired) electrons. The zero-order chi connectivity index (χ0) is 16.9. The summed E-state index contributed by atoms with van der Waals surface area (Å²) in [7, 11) is 1.57. The van der Waals surface area contributed by atoms with Crippen LogP contribution in [0, 0.1) is 0 Å². The fraction of sp³-hybridized carbons (Fsp3) is 0.316. The first-order chi connectivity index (χ1) is 10.9. The van der Waals surface area contributed by atoms with Crippen molar-refractivity contribution < 1.29 is 14.3 Å². The van der Waals surface area contributed by atoms with E-state index in [1.54, 1.807) is 19.2 Å². The molecular formula is C19H23NO3. The van der Waals surface area contributed by atoms with Crippen LogP contribution in [0.5, 0.6) is 11.5 Å². The van der Waals surface area contributed by atoms with Crippen LogP contribution < -0.4 is 14.8 Å². The average Bonchev–Trinajstić information content (AvgIpc) is 2.53. The van der Waals surface area contributed by atoms with Gasteiger partial charge in [-0.3, -0.25) is 4.79 Å². The van der Waals surface area contributed by atoms with Crippen molar-refractivity contribution in [1.29, 1.82) is 0 Å². The van der Waals surface area contributed by atoms with Gasteiger partial charge in [-0.1, -0.05) is 45.0 Å². The van der Waals surface area contributed by atoms with Gasteiger partial charge < -0.3 is 14.8 Å². The van der Waals surface area contributed by atoms with Gasteiger partial charge in [-0.05, 0) is 35.2 Å². The maximum absolute atomic E-state index is 12.0. The molecule has 0 aromatic heterocycles. The van der Waals surface area contributed by atoms with Crippen molar-refractivity contribution in [2.75, 3.05) is 19.0 Å². The Morgan fingerprint density at radius 1 is 1.09 bits per heavy atom. The number of methoxy groups -OCH3 is 1. The van der Waals surface area contributed by atoms with Crippen LogP contribution in [0.4, 0.5) is 5.69 Å². The van der Waals surface area contributed by atoms with Gasteiger partial charge in [0.1, 0.15) is 11.5 Å². The van der Waals surface area contributed by atoms with Crippen LogP contribution in [0.25, 0.3) is 0 Å². The van der Waals surface area contributed by atoms with Crippen LogP contribution in [0.2, 0.25) is 0 Å². The Morgan fingerprint density at radius 3 is 2.52 bits per heavy atom. The number of benzene rings is 2. The predicted molar refractivity (Wildman–Crippen MR) is 92.3 cm³/mol. The van der Waals surface area contributed by atoms with Crippen molar-refractivity contribution in [2.24, 2.45) is 0 Å². The van der Waals surface area contributed by atoms with Gasteiger partial charge in [0, 0.05) is 0 Å². The van der Waals surface area contributed by atoms with Crippen LogP contribution in [0.15, 0.2) is 48.5 Å². The fourth-order valence-electron chi connectivity index (χ4n) is 2.14. The van der Waals surface area contributed by atoms with E-state index in [1.165, 1.54) is 5.56 Å². The molecular weight excluding hydrogens is 290 g/mol. The van der Waals surface area contributed by atoms with E-state index in [2.05, 4.69) is 32.2 Å². The molecule has 0 aliphatic carbocycles. The quantitative estimate of drug-likeness (QED) is 0.907. The predicted octanol–water partition coefficient (Wildman–Crippen LogP) is 4.01. The smallest absolute Gasteiger partial charge is 0.262 e. The second-order valence-electron chi connectivity index (χ2n) is 6.31. The Labute approximate surface area is 137 Å². The maximum atomic E-state index is 12.0. The zero-order valence-corrected chi connectivity index (χ0v) is 14.1. The number of hydrogen-bond donors (Lipinski definition) is 1. The normalized spacial score (nSPS) is 11.0. The monoisotopic (exact) mass is 313 g/mol. The number of para-hydroxylation sites is 2. The van der Waals surface area contributed by atoms with Crippen molar-refractivity contribution in [3.05, 3.63) is 54.1 Å². The van der Waals surface area contributed by atoms with E-state index >= 15 is 0 Å². The Balaban J connectivity index is 1.97. The van der Waals surface area contributed by atoms with E-state index in [4.69, 9.17) is 9.47 Å². The molecule has 0 bridgehead atoms. The number of nitrogens with one attached hydrogen (secondary N) is 1. The lowest BCUT2D eigenvalue weighted by molar-refractivity contribution is -0.118. The molecule has 23 heavy (non-hydrogen) atoms. The third-order valence-electron chi connectivity index (χ3n) is 3.45. The lowest BCUT2D eigenvalue weighted by Crippen LogP contribution is -2.20. The van der Waals surface area contributed by atoms with Crippen molar-refractivity contribution in [2.45, 2.75) is 26.2 Å². The van der Waals surface area contributed by atoms with Crippen LogP contribution in [-0.2, 0) is 10.2 Å². The first kappa shape index (κ1) is 16.9. The Hall–Kier alpha value is -2.49. The highest BCUT2D eigenvalue weighted by Gasteiger charge is 2.14. The van der Waals surface area contributed by atoms with Gasteiger partial charge in [0.15, 0.2) is 6.61 Å². The zero-order valence-electron chi connectivity index (χ0n) is 14.1. The summed E-state index contributed by atoms with van der Waals surface area (Å²) in [6.45, 7) is 6.37. The molecule has 1 N–H and O–H groups in total. The van der Waals surface area contributed by atoms with Crippen molar-refractivity contribution in [1.82, 2.24) is 0 Å². The molecule has 0 unspecified atom stereocenters. The standard InChI is InChI=1S/C19H23NO3/c1-19(2,3)14-8-7-9-15(12-14)23-13-18(21)20-16-10-5-6-11-17(16)22-4/h5-12H,13H2,1-4H3,(H,20,21). The summed E-state index contributed by atoms with van der Waals surface area (Å²) >= 11 is 0. The van der Waals surface area contributed by atoms with E-state index < -0.39 is 0 Å². The first-order valence-electron chi connectivity index (χ1n) is 7.56. The number of carbonyl (C=O) groups is 1. The summed E-state index contributed by atoms with van der Waals surface area (Å²) < 4.78 is 10.8. The van der Waals surface area contributed by atoms with Crippen molar-refractivity contribution in [3.8, 4) is 11.5 Å². The molecule has 4 nitrogen and oxygen atoms in total. The minimum atomic E-state index is -0.226. The summed E-state index contributed by atoms with van der Waals surface area (Å²) in [5, 5.41) is 2.79. The van der Waals surface area contributed by atoms with Gasteiger partial charge >= 0.3 is 0 Å². The molecule has 2 rings (SSSR count). The molecule has 1 amide bonds. The topological polar surface area (TPSA) is 47.6 Å². The number of amides is 1. The molecule has 0 aliphatic rings. The third kappa shape index (κ3) is 4.74. The highest BCUT2D eigenvalue weighted by atomic mass is 16.5. The highest BCUT2D eigenvalue weighted by Crippen LogP contribution is 2.26. The van der Waals surface area contributed by atoms with E-state index in [0.717, 1.165) is 0 Å². The number of hydrogen-bond acceptors (Lipinski definition) is 3. The Bertz CT molecular complexity index is 674. The molecule has 2 aromatic carbocycles. The summed E-state index contributed by atoms with van der Waals surface area (Å²) in [6, 6.07) is 15.1. The lowest BCUT2D eigenvalue weighted by atomic mass is 9.87. The molecule has 122 valence electrons. The summed E-state index contributed by atoms with van der Waals surface area (Å²) in [5.41, 5.74) is 1.84. The molecule has 0 heterocycles. The van der Waals surface area contributed by atoms with Crippen molar-refractivity contribution in [3.63, 3.8) is 0 Å². The molecule has 0 saturated carbocycles. The summed E-state index contributed by atoms with van der Waals surface area (Å²) in [6.07, 6.45) is 0. The fourth-order valence-corrected chi connectivity index (χ4v) is 2.14. The average molecular weight is 313 g/mol. The van der Waals surface area contributed by atoms with E-state index in [9.17, 15) is 4.79 Å². The third-order valence-corrected chi connectivity index (χ3v) is 3.45. The van der Waals surface area contributed by atoms with E-state index in [0.29, 0.717) is 17.2 Å². The highest BCUT2D eigenvalue weighted by molar-refractivity contribution is 5.93. The second kappa shape index (κ2) is 7.18. The van der Waals surface area contributed by atoms with Gasteiger partial charge in [0.2, 0.25) is 0 Å². The maximum Gasteiger partial charge on any atom is 0.262 e. The molecule has 0 spiro atoms. The Kier molecular flexibility index (Phi) is 5.27. The van der Waals surface area contributed by atoms with E-state index in [1.807, 2.05) is 30.3 Å². The molecule has 0 saturated heterocycles. The number of ether oxygens (including phenoxy) is 2. The van der Waals surface area contributed by atoms with Crippen LogP contribution >= 0.6 is 0 Å². The van der Waals surface area contributed by atoms with Gasteiger partial charge in [-0.2, -0.15) is 0 Å². The lowest BCUT2D eigenvalue weighted by Gasteiger charge is -2.19. The molecule has 0 atom stereocenters. The van der Waals surface area contributed by atoms with Gasteiger partial charge in [-0.25, -0.2) is 0 Å². The molecule has 4 heteroatoms. The van der Waals surface area contributed by atoms with E-state index in [-0.39, 0.29) is 17.9 Å². The molecule has 2 aromatic rings. The van der Waals surface area contributed by atoms with Crippen LogP contribution in [0.3, 0.4) is 0 Å². The summed E-state index contributed by atoms with van der Waals surface area (Å²) in [4.78, 5) is 12.0. The van der Waals surface area contributed by atoms with Gasteiger partial charge in [0.05, 0.1) is 12.8 Å². The first-order valence-corrected chi connectivity index (χ1v) is 7.56. The van der Waals surface area contributed by atoms with Crippen LogP contribution in [-0.4, -0.2) is 19.6 Å².